The van der Waals surface area contributed by atoms with Crippen molar-refractivity contribution in [1.82, 2.24) is 9.38 Å². The number of pyridine rings is 1. The molecule has 0 saturated heterocycles. The van der Waals surface area contributed by atoms with E-state index in [1.165, 1.54) is 18.3 Å². The number of aromatic nitrogens is 2. The van der Waals surface area contributed by atoms with E-state index in [9.17, 15) is 18.0 Å². The van der Waals surface area contributed by atoms with Gasteiger partial charge in [-0.15, -0.1) is 0 Å². The van der Waals surface area contributed by atoms with Crippen molar-refractivity contribution >= 4 is 17.5 Å². The van der Waals surface area contributed by atoms with Crippen LogP contribution in [0.2, 0.25) is 0 Å². The normalized spacial score (nSPS) is 11.8. The monoisotopic (exact) mass is 257 g/mol. The van der Waals surface area contributed by atoms with Gasteiger partial charge in [0.2, 0.25) is 5.82 Å². The van der Waals surface area contributed by atoms with Gasteiger partial charge in [0.1, 0.15) is 5.69 Å². The molecule has 4 nitrogen and oxygen atoms in total. The van der Waals surface area contributed by atoms with Crippen LogP contribution in [0.1, 0.15) is 16.3 Å². The molecule has 18 heavy (non-hydrogen) atoms. The molecule has 2 aromatic heterocycles. The van der Waals surface area contributed by atoms with Crippen LogP contribution in [0.25, 0.3) is 5.52 Å². The lowest BCUT2D eigenvalue weighted by Crippen LogP contribution is -2.12. The number of aldehydes is 1. The van der Waals surface area contributed by atoms with E-state index in [0.717, 1.165) is 4.40 Å². The smallest absolute Gasteiger partial charge is 0.378 e. The van der Waals surface area contributed by atoms with E-state index in [-0.39, 0.29) is 11.2 Å². The largest absolute Gasteiger partial charge is 0.450 e. The number of carbonyl (C=O) groups is 1. The highest BCUT2D eigenvalue weighted by atomic mass is 19.4. The maximum Gasteiger partial charge on any atom is 0.450 e. The number of nitrogens with zero attached hydrogens (tertiary/aromatic N) is 3. The molecule has 2 heterocycles. The Morgan fingerprint density at radius 3 is 2.56 bits per heavy atom. The lowest BCUT2D eigenvalue weighted by atomic mass is 10.3. The molecule has 0 aliphatic carbocycles. The first-order valence-electron chi connectivity index (χ1n) is 5.06. The standard InChI is InChI=1S/C11H10F3N3O/c1-16(2)7-3-4-17-9(5-7)8(6-18)15-10(17)11(12,13)14/h3-6H,1-2H3. The second-order valence-corrected chi connectivity index (χ2v) is 3.97. The fourth-order valence-corrected chi connectivity index (χ4v) is 1.66. The molecule has 0 unspecified atom stereocenters. The second-order valence-electron chi connectivity index (χ2n) is 3.97. The molecule has 2 rings (SSSR count). The first-order valence-corrected chi connectivity index (χ1v) is 5.06. The van der Waals surface area contributed by atoms with Crippen LogP contribution < -0.4 is 4.90 Å². The van der Waals surface area contributed by atoms with E-state index in [1.807, 2.05) is 0 Å². The minimum absolute atomic E-state index is 0.142. The zero-order chi connectivity index (χ0) is 13.5. The molecule has 0 aromatic carbocycles. The van der Waals surface area contributed by atoms with Gasteiger partial charge in [0, 0.05) is 26.0 Å². The van der Waals surface area contributed by atoms with Crippen LogP contribution in [0.4, 0.5) is 18.9 Å². The summed E-state index contributed by atoms with van der Waals surface area (Å²) >= 11 is 0. The fourth-order valence-electron chi connectivity index (χ4n) is 1.66. The number of fused-ring (bicyclic) bond motifs is 1. The average molecular weight is 257 g/mol. The maximum absolute atomic E-state index is 12.7. The molecule has 0 bridgehead atoms. The summed E-state index contributed by atoms with van der Waals surface area (Å²) in [6.07, 6.45) is -3.01. The van der Waals surface area contributed by atoms with Crippen LogP contribution in [-0.4, -0.2) is 29.8 Å². The second kappa shape index (κ2) is 4.01. The topological polar surface area (TPSA) is 37.6 Å². The van der Waals surface area contributed by atoms with Gasteiger partial charge in [-0.05, 0) is 12.1 Å². The first-order chi connectivity index (χ1) is 8.34. The first kappa shape index (κ1) is 12.4. The highest BCUT2D eigenvalue weighted by molar-refractivity contribution is 5.85. The molecule has 0 spiro atoms. The molecule has 0 aliphatic heterocycles. The van der Waals surface area contributed by atoms with E-state index in [2.05, 4.69) is 4.98 Å². The number of alkyl halides is 3. The lowest BCUT2D eigenvalue weighted by Gasteiger charge is -2.13. The van der Waals surface area contributed by atoms with E-state index in [4.69, 9.17) is 0 Å². The van der Waals surface area contributed by atoms with Crippen LogP contribution >= 0.6 is 0 Å². The van der Waals surface area contributed by atoms with Gasteiger partial charge in [-0.3, -0.25) is 9.20 Å². The van der Waals surface area contributed by atoms with E-state index in [0.29, 0.717) is 12.0 Å². The van der Waals surface area contributed by atoms with Gasteiger partial charge < -0.3 is 4.90 Å². The number of hydrogen-bond acceptors (Lipinski definition) is 3. The molecule has 0 amide bonds. The zero-order valence-electron chi connectivity index (χ0n) is 9.69. The summed E-state index contributed by atoms with van der Waals surface area (Å²) in [5.74, 6) is -1.09. The summed E-state index contributed by atoms with van der Waals surface area (Å²) in [5, 5.41) is 0. The van der Waals surface area contributed by atoms with E-state index >= 15 is 0 Å². The van der Waals surface area contributed by atoms with E-state index < -0.39 is 12.0 Å². The van der Waals surface area contributed by atoms with Crippen LogP contribution in [0.5, 0.6) is 0 Å². The molecule has 0 fully saturated rings. The van der Waals surface area contributed by atoms with Crippen LogP contribution in [-0.2, 0) is 6.18 Å². The summed E-state index contributed by atoms with van der Waals surface area (Å²) < 4.78 is 39.0. The van der Waals surface area contributed by atoms with Crippen molar-refractivity contribution in [2.75, 3.05) is 19.0 Å². The maximum atomic E-state index is 12.7. The van der Waals surface area contributed by atoms with Gasteiger partial charge in [0.05, 0.1) is 5.52 Å². The SMILES string of the molecule is CN(C)c1ccn2c(C(F)(F)F)nc(C=O)c2c1. The van der Waals surface area contributed by atoms with Crippen molar-refractivity contribution in [3.8, 4) is 0 Å². The highest BCUT2D eigenvalue weighted by Gasteiger charge is 2.37. The third kappa shape index (κ3) is 1.92. The van der Waals surface area contributed by atoms with Gasteiger partial charge in [-0.2, -0.15) is 13.2 Å². The average Bonchev–Trinajstić information content (AvgIpc) is 2.66. The van der Waals surface area contributed by atoms with Crippen molar-refractivity contribution in [3.05, 3.63) is 29.8 Å². The third-order valence-corrected chi connectivity index (χ3v) is 2.54. The number of imidazole rings is 1. The van der Waals surface area contributed by atoms with Gasteiger partial charge in [-0.1, -0.05) is 0 Å². The lowest BCUT2D eigenvalue weighted by molar-refractivity contribution is -0.145. The molecule has 0 radical (unpaired) electrons. The van der Waals surface area contributed by atoms with Crippen LogP contribution in [0.15, 0.2) is 18.3 Å². The van der Waals surface area contributed by atoms with Crippen molar-refractivity contribution < 1.29 is 18.0 Å². The molecule has 0 atom stereocenters. The fraction of sp³-hybridized carbons (Fsp3) is 0.273. The highest BCUT2D eigenvalue weighted by Crippen LogP contribution is 2.30. The molecule has 7 heteroatoms. The predicted molar refractivity (Wildman–Crippen MR) is 59.9 cm³/mol. The molecule has 0 saturated carbocycles. The van der Waals surface area contributed by atoms with Gasteiger partial charge in [0.15, 0.2) is 6.29 Å². The summed E-state index contributed by atoms with van der Waals surface area (Å²) in [6, 6.07) is 3.02. The van der Waals surface area contributed by atoms with E-state index in [1.54, 1.807) is 19.0 Å². The molecular formula is C11H10F3N3O. The van der Waals surface area contributed by atoms with Gasteiger partial charge in [-0.25, -0.2) is 4.98 Å². The Labute approximate surface area is 101 Å². The summed E-state index contributed by atoms with van der Waals surface area (Å²) in [7, 11) is 3.51. The Morgan fingerprint density at radius 1 is 1.39 bits per heavy atom. The number of rotatable bonds is 2. The number of anilines is 1. The molecule has 0 N–H and O–H groups in total. The quantitative estimate of drug-likeness (QED) is 0.774. The Bertz CT molecular complexity index is 601. The molecular weight excluding hydrogens is 247 g/mol. The van der Waals surface area contributed by atoms with Crippen LogP contribution in [0.3, 0.4) is 0 Å². The Hall–Kier alpha value is -2.05. The minimum Gasteiger partial charge on any atom is -0.378 e. The Balaban J connectivity index is 2.75. The van der Waals surface area contributed by atoms with Crippen LogP contribution in [0, 0.1) is 0 Å². The molecule has 96 valence electrons. The number of hydrogen-bond donors (Lipinski definition) is 0. The van der Waals surface area contributed by atoms with Gasteiger partial charge >= 0.3 is 6.18 Å². The van der Waals surface area contributed by atoms with Crippen molar-refractivity contribution in [2.24, 2.45) is 0 Å². The van der Waals surface area contributed by atoms with Gasteiger partial charge in [0.25, 0.3) is 0 Å². The van der Waals surface area contributed by atoms with Crippen molar-refractivity contribution in [3.63, 3.8) is 0 Å². The van der Waals surface area contributed by atoms with Crippen molar-refractivity contribution in [1.29, 1.82) is 0 Å². The minimum atomic E-state index is -4.59. The zero-order valence-corrected chi connectivity index (χ0v) is 9.69. The molecule has 2 aromatic rings. The molecule has 0 aliphatic rings. The third-order valence-electron chi connectivity index (χ3n) is 2.54. The summed E-state index contributed by atoms with van der Waals surface area (Å²) in [4.78, 5) is 15.8. The number of carbonyl (C=O) groups excluding carboxylic acids is 1. The Morgan fingerprint density at radius 2 is 2.06 bits per heavy atom. The number of halogens is 3. The summed E-state index contributed by atoms with van der Waals surface area (Å²) in [6.45, 7) is 0. The Kier molecular flexibility index (Phi) is 2.76. The summed E-state index contributed by atoms with van der Waals surface area (Å²) in [5.41, 5.74) is 0.619. The predicted octanol–water partition coefficient (Wildman–Crippen LogP) is 2.23. The van der Waals surface area contributed by atoms with Crippen molar-refractivity contribution in [2.45, 2.75) is 6.18 Å².